The summed E-state index contributed by atoms with van der Waals surface area (Å²) in [6.45, 7) is 0.515. The molecule has 1 aromatic rings. The highest BCUT2D eigenvalue weighted by atomic mass is 32.2. The van der Waals surface area contributed by atoms with Crippen LogP contribution in [0.5, 0.6) is 0 Å². The van der Waals surface area contributed by atoms with Crippen molar-refractivity contribution in [3.8, 4) is 0 Å². The topological polar surface area (TPSA) is 95.5 Å². The molecule has 170 valence electrons. The van der Waals surface area contributed by atoms with Crippen molar-refractivity contribution in [1.82, 2.24) is 4.72 Å². The highest BCUT2D eigenvalue weighted by Crippen LogP contribution is 2.25. The van der Waals surface area contributed by atoms with Crippen molar-refractivity contribution in [3.63, 3.8) is 0 Å². The van der Waals surface area contributed by atoms with E-state index in [1.807, 2.05) is 0 Å². The molecule has 1 aliphatic rings. The van der Waals surface area contributed by atoms with E-state index in [9.17, 15) is 31.5 Å². The molecule has 0 spiro atoms. The smallest absolute Gasteiger partial charge is 0.389 e. The van der Waals surface area contributed by atoms with E-state index in [0.717, 1.165) is 38.5 Å². The number of hydrogen-bond acceptors (Lipinski definition) is 4. The zero-order chi connectivity index (χ0) is 22.2. The second kappa shape index (κ2) is 11.0. The monoisotopic (exact) mass is 450 g/mol. The lowest BCUT2D eigenvalue weighted by Gasteiger charge is -2.15. The summed E-state index contributed by atoms with van der Waals surface area (Å²) < 4.78 is 64.3. The minimum Gasteiger partial charge on any atom is -0.478 e. The molecular weight excluding hydrogens is 421 g/mol. The number of carbonyl (C=O) groups is 1. The van der Waals surface area contributed by atoms with E-state index in [1.165, 1.54) is 18.2 Å². The Morgan fingerprint density at radius 2 is 1.70 bits per heavy atom. The number of anilines is 1. The third-order valence-corrected chi connectivity index (χ3v) is 6.71. The van der Waals surface area contributed by atoms with Gasteiger partial charge >= 0.3 is 12.1 Å². The van der Waals surface area contributed by atoms with Crippen LogP contribution in [0.1, 0.15) is 74.6 Å². The molecule has 0 heterocycles. The van der Waals surface area contributed by atoms with E-state index in [0.29, 0.717) is 25.1 Å². The molecule has 0 unspecified atom stereocenters. The molecule has 6 nitrogen and oxygen atoms in total. The Balaban J connectivity index is 1.88. The number of nitrogens with one attached hydrogen (secondary N) is 2. The van der Waals surface area contributed by atoms with Gasteiger partial charge in [-0.25, -0.2) is 17.9 Å². The van der Waals surface area contributed by atoms with Gasteiger partial charge in [0.15, 0.2) is 0 Å². The Morgan fingerprint density at radius 1 is 1.07 bits per heavy atom. The molecule has 0 atom stereocenters. The van der Waals surface area contributed by atoms with Crippen LogP contribution in [0, 0.1) is 0 Å². The van der Waals surface area contributed by atoms with Crippen LogP contribution in [0.25, 0.3) is 0 Å². The number of alkyl halides is 3. The molecule has 30 heavy (non-hydrogen) atoms. The van der Waals surface area contributed by atoms with Crippen molar-refractivity contribution in [3.05, 3.63) is 23.8 Å². The number of rotatable bonds is 12. The summed E-state index contributed by atoms with van der Waals surface area (Å²) in [6.07, 6.45) is 1.31. The van der Waals surface area contributed by atoms with Crippen LogP contribution in [0.3, 0.4) is 0 Å². The fourth-order valence-corrected chi connectivity index (χ4v) is 5.10. The third-order valence-electron chi connectivity index (χ3n) is 5.14. The maximum absolute atomic E-state index is 12.7. The predicted octanol–water partition coefficient (Wildman–Crippen LogP) is 4.92. The minimum atomic E-state index is -4.10. The van der Waals surface area contributed by atoms with E-state index >= 15 is 0 Å². The van der Waals surface area contributed by atoms with Crippen LogP contribution < -0.4 is 10.0 Å². The van der Waals surface area contributed by atoms with Gasteiger partial charge in [0.2, 0.25) is 10.0 Å². The molecule has 0 radical (unpaired) electrons. The van der Waals surface area contributed by atoms with Crippen molar-refractivity contribution < 1.29 is 31.5 Å². The van der Waals surface area contributed by atoms with Gasteiger partial charge in [0, 0.05) is 24.7 Å². The van der Waals surface area contributed by atoms with Crippen LogP contribution >= 0.6 is 0 Å². The number of sulfonamides is 1. The molecule has 0 saturated heterocycles. The van der Waals surface area contributed by atoms with Gasteiger partial charge in [0.1, 0.15) is 0 Å². The van der Waals surface area contributed by atoms with Crippen molar-refractivity contribution in [1.29, 1.82) is 0 Å². The molecule has 1 saturated carbocycles. The summed E-state index contributed by atoms with van der Waals surface area (Å²) in [5, 5.41) is 12.4. The van der Waals surface area contributed by atoms with Gasteiger partial charge < -0.3 is 10.4 Å². The fraction of sp³-hybridized carbons (Fsp3) is 0.650. The van der Waals surface area contributed by atoms with Crippen molar-refractivity contribution in [2.75, 3.05) is 11.9 Å². The molecule has 1 fully saturated rings. The standard InChI is InChI=1S/C20H29F3N2O4S/c21-20(22,23)12-6-2-1-3-7-13-24-16-10-11-17(19(26)27)18(14-16)30(28,29)25-15-8-4-5-9-15/h10-11,14-15,24-25H,1-9,12-13H2,(H,26,27). The van der Waals surface area contributed by atoms with Gasteiger partial charge in [0.25, 0.3) is 0 Å². The van der Waals surface area contributed by atoms with Gasteiger partial charge in [-0.3, -0.25) is 0 Å². The first-order valence-electron chi connectivity index (χ1n) is 10.3. The Kier molecular flexibility index (Phi) is 8.96. The van der Waals surface area contributed by atoms with Gasteiger partial charge in [-0.1, -0.05) is 32.1 Å². The number of carboxylic acid groups (broad SMARTS) is 1. The summed E-state index contributed by atoms with van der Waals surface area (Å²) in [5.74, 6) is -1.31. The predicted molar refractivity (Wildman–Crippen MR) is 108 cm³/mol. The van der Waals surface area contributed by atoms with Crippen molar-refractivity contribution in [2.45, 2.75) is 81.3 Å². The minimum absolute atomic E-state index is 0.128. The van der Waals surface area contributed by atoms with Crippen molar-refractivity contribution >= 4 is 21.7 Å². The van der Waals surface area contributed by atoms with Crippen LogP contribution in [0.4, 0.5) is 18.9 Å². The second-order valence-electron chi connectivity index (χ2n) is 7.68. The molecule has 2 rings (SSSR count). The third kappa shape index (κ3) is 8.14. The molecular formula is C20H29F3N2O4S. The van der Waals surface area contributed by atoms with Gasteiger partial charge in [-0.2, -0.15) is 13.2 Å². The summed E-state index contributed by atoms with van der Waals surface area (Å²) in [5.41, 5.74) is 0.208. The second-order valence-corrected chi connectivity index (χ2v) is 9.36. The molecule has 0 amide bonds. The summed E-state index contributed by atoms with van der Waals surface area (Å²) in [6, 6.07) is 3.93. The molecule has 1 aliphatic carbocycles. The zero-order valence-electron chi connectivity index (χ0n) is 16.8. The van der Waals surface area contributed by atoms with E-state index in [4.69, 9.17) is 0 Å². The number of aromatic carboxylic acids is 1. The molecule has 1 aromatic carbocycles. The number of benzene rings is 1. The molecule has 0 aliphatic heterocycles. The normalized spacial score (nSPS) is 15.4. The maximum Gasteiger partial charge on any atom is 0.389 e. The zero-order valence-corrected chi connectivity index (χ0v) is 17.6. The molecule has 10 heteroatoms. The quantitative estimate of drug-likeness (QED) is 0.393. The number of halogens is 3. The Morgan fingerprint density at radius 3 is 2.33 bits per heavy atom. The van der Waals surface area contributed by atoms with Gasteiger partial charge in [0.05, 0.1) is 10.5 Å². The van der Waals surface area contributed by atoms with Gasteiger partial charge in [-0.15, -0.1) is 0 Å². The highest BCUT2D eigenvalue weighted by molar-refractivity contribution is 7.89. The van der Waals surface area contributed by atoms with Crippen LogP contribution in [0.2, 0.25) is 0 Å². The van der Waals surface area contributed by atoms with Crippen LogP contribution in [0.15, 0.2) is 23.1 Å². The largest absolute Gasteiger partial charge is 0.478 e. The van der Waals surface area contributed by atoms with E-state index in [2.05, 4.69) is 10.0 Å². The Bertz CT molecular complexity index is 807. The van der Waals surface area contributed by atoms with Crippen LogP contribution in [-0.2, 0) is 10.0 Å². The molecule has 3 N–H and O–H groups in total. The lowest BCUT2D eigenvalue weighted by atomic mass is 10.1. The summed E-state index contributed by atoms with van der Waals surface area (Å²) >= 11 is 0. The summed E-state index contributed by atoms with van der Waals surface area (Å²) in [4.78, 5) is 11.2. The van der Waals surface area contributed by atoms with Gasteiger partial charge in [-0.05, 0) is 43.9 Å². The van der Waals surface area contributed by atoms with E-state index in [-0.39, 0.29) is 22.9 Å². The van der Waals surface area contributed by atoms with E-state index < -0.39 is 28.6 Å². The lowest BCUT2D eigenvalue weighted by Crippen LogP contribution is -2.33. The fourth-order valence-electron chi connectivity index (χ4n) is 3.57. The lowest BCUT2D eigenvalue weighted by molar-refractivity contribution is -0.135. The first-order chi connectivity index (χ1) is 14.1. The highest BCUT2D eigenvalue weighted by Gasteiger charge is 2.27. The van der Waals surface area contributed by atoms with E-state index in [1.54, 1.807) is 0 Å². The SMILES string of the molecule is O=C(O)c1ccc(NCCCCCCCC(F)(F)F)cc1S(=O)(=O)NC1CCCC1. The average Bonchev–Trinajstić information content (AvgIpc) is 3.15. The first-order valence-corrected chi connectivity index (χ1v) is 11.8. The number of carboxylic acids is 1. The number of hydrogen-bond donors (Lipinski definition) is 3. The van der Waals surface area contributed by atoms with Crippen LogP contribution in [-0.4, -0.2) is 38.3 Å². The summed E-state index contributed by atoms with van der Waals surface area (Å²) in [7, 11) is -3.96. The maximum atomic E-state index is 12.7. The molecule has 0 aromatic heterocycles. The Hall–Kier alpha value is -1.81. The molecule has 0 bridgehead atoms. The Labute approximate surface area is 175 Å². The number of unbranched alkanes of at least 4 members (excludes halogenated alkanes) is 4. The average molecular weight is 451 g/mol. The van der Waals surface area contributed by atoms with Crippen molar-refractivity contribution in [2.24, 2.45) is 0 Å². The first kappa shape index (κ1) is 24.5.